The van der Waals surface area contributed by atoms with E-state index in [2.05, 4.69) is 33.5 Å². The average molecular weight is 301 g/mol. The van der Waals surface area contributed by atoms with E-state index in [4.69, 9.17) is 5.73 Å². The number of amides is 1. The van der Waals surface area contributed by atoms with E-state index in [9.17, 15) is 4.79 Å². The van der Waals surface area contributed by atoms with Gasteiger partial charge in [0, 0.05) is 10.9 Å². The van der Waals surface area contributed by atoms with Crippen LogP contribution in [0.3, 0.4) is 0 Å². The normalized spacial score (nSPS) is 9.81. The average Bonchev–Trinajstić information content (AvgIpc) is 2.23. The van der Waals surface area contributed by atoms with Crippen molar-refractivity contribution in [3.8, 4) is 0 Å². The van der Waals surface area contributed by atoms with E-state index in [0.29, 0.717) is 17.8 Å². The lowest BCUT2D eigenvalue weighted by Crippen LogP contribution is -2.32. The van der Waals surface area contributed by atoms with Gasteiger partial charge in [-0.1, -0.05) is 40.3 Å². The summed E-state index contributed by atoms with van der Waals surface area (Å²) >= 11 is 8.05. The van der Waals surface area contributed by atoms with E-state index in [1.165, 1.54) is 0 Å². The highest BCUT2D eigenvalue weighted by Gasteiger charge is 2.02. The first kappa shape index (κ1) is 13.1. The number of hydrogen-bond donors (Lipinski definition) is 2. The van der Waals surface area contributed by atoms with Crippen molar-refractivity contribution in [1.29, 1.82) is 0 Å². The van der Waals surface area contributed by atoms with Gasteiger partial charge in [-0.2, -0.15) is 0 Å². The number of rotatable bonds is 5. The van der Waals surface area contributed by atoms with Gasteiger partial charge in [0.15, 0.2) is 0 Å². The van der Waals surface area contributed by atoms with Crippen molar-refractivity contribution < 1.29 is 4.79 Å². The zero-order valence-electron chi connectivity index (χ0n) is 8.70. The summed E-state index contributed by atoms with van der Waals surface area (Å²) in [6.07, 6.45) is 1.15. The standard InChI is InChI=1S/C11H13BrN2OS/c12-9-3-1-2-8(6-9)4-5-11(15)14-7-10(13)16/h1-3,6H,4-5,7H2,(H2,13,16)(H,14,15). The van der Waals surface area contributed by atoms with Gasteiger partial charge in [-0.25, -0.2) is 0 Å². The quantitative estimate of drug-likeness (QED) is 0.815. The Morgan fingerprint density at radius 3 is 2.88 bits per heavy atom. The summed E-state index contributed by atoms with van der Waals surface area (Å²) in [5, 5.41) is 2.65. The van der Waals surface area contributed by atoms with Crippen molar-refractivity contribution in [3.63, 3.8) is 0 Å². The van der Waals surface area contributed by atoms with Crippen LogP contribution >= 0.6 is 28.1 Å². The van der Waals surface area contributed by atoms with Gasteiger partial charge in [0.25, 0.3) is 0 Å². The Morgan fingerprint density at radius 1 is 1.50 bits per heavy atom. The molecule has 0 saturated carbocycles. The zero-order valence-corrected chi connectivity index (χ0v) is 11.1. The van der Waals surface area contributed by atoms with E-state index >= 15 is 0 Å². The third kappa shape index (κ3) is 5.23. The maximum Gasteiger partial charge on any atom is 0.220 e. The Morgan fingerprint density at radius 2 is 2.25 bits per heavy atom. The van der Waals surface area contributed by atoms with E-state index < -0.39 is 0 Å². The molecule has 0 aromatic heterocycles. The van der Waals surface area contributed by atoms with E-state index in [-0.39, 0.29) is 12.5 Å². The Kier molecular flexibility index (Phi) is 5.42. The highest BCUT2D eigenvalue weighted by atomic mass is 79.9. The van der Waals surface area contributed by atoms with Gasteiger partial charge in [-0.15, -0.1) is 0 Å². The molecular formula is C11H13BrN2OS. The third-order valence-electron chi connectivity index (χ3n) is 1.99. The number of nitrogens with two attached hydrogens (primary N) is 1. The molecule has 1 aromatic carbocycles. The highest BCUT2D eigenvalue weighted by Crippen LogP contribution is 2.12. The van der Waals surface area contributed by atoms with Crippen LogP contribution in [0.2, 0.25) is 0 Å². The lowest BCUT2D eigenvalue weighted by Gasteiger charge is -2.04. The Bertz CT molecular complexity index is 395. The minimum absolute atomic E-state index is 0.0345. The van der Waals surface area contributed by atoms with E-state index in [1.807, 2.05) is 24.3 Å². The second kappa shape index (κ2) is 6.60. The number of aryl methyl sites for hydroxylation is 1. The van der Waals surface area contributed by atoms with Crippen LogP contribution in [0.1, 0.15) is 12.0 Å². The highest BCUT2D eigenvalue weighted by molar-refractivity contribution is 9.10. The van der Waals surface area contributed by atoms with Crippen LogP contribution in [0.15, 0.2) is 28.7 Å². The SMILES string of the molecule is NC(=S)CNC(=O)CCc1cccc(Br)c1. The van der Waals surface area contributed by atoms with Gasteiger partial charge >= 0.3 is 0 Å². The van der Waals surface area contributed by atoms with Gasteiger partial charge in [-0.3, -0.25) is 4.79 Å². The lowest BCUT2D eigenvalue weighted by atomic mass is 10.1. The minimum atomic E-state index is -0.0345. The smallest absolute Gasteiger partial charge is 0.220 e. The number of carbonyl (C=O) groups excluding carboxylic acids is 1. The van der Waals surface area contributed by atoms with Crippen molar-refractivity contribution in [3.05, 3.63) is 34.3 Å². The minimum Gasteiger partial charge on any atom is -0.392 e. The number of hydrogen-bond acceptors (Lipinski definition) is 2. The maximum absolute atomic E-state index is 11.4. The fourth-order valence-electron chi connectivity index (χ4n) is 1.22. The summed E-state index contributed by atoms with van der Waals surface area (Å²) in [5.41, 5.74) is 6.40. The summed E-state index contributed by atoms with van der Waals surface area (Å²) in [4.78, 5) is 11.7. The van der Waals surface area contributed by atoms with Crippen LogP contribution in [0.5, 0.6) is 0 Å². The Labute approximate surface area is 109 Å². The van der Waals surface area contributed by atoms with Gasteiger partial charge < -0.3 is 11.1 Å². The molecule has 0 spiro atoms. The molecule has 0 radical (unpaired) electrons. The lowest BCUT2D eigenvalue weighted by molar-refractivity contribution is -0.120. The van der Waals surface area contributed by atoms with Crippen LogP contribution in [-0.2, 0) is 11.2 Å². The Balaban J connectivity index is 2.34. The fraction of sp³-hybridized carbons (Fsp3) is 0.273. The molecule has 3 N–H and O–H groups in total. The zero-order chi connectivity index (χ0) is 12.0. The topological polar surface area (TPSA) is 55.1 Å². The van der Waals surface area contributed by atoms with Crippen LogP contribution < -0.4 is 11.1 Å². The summed E-state index contributed by atoms with van der Waals surface area (Å²) in [6, 6.07) is 7.90. The molecule has 16 heavy (non-hydrogen) atoms. The first-order valence-electron chi connectivity index (χ1n) is 4.87. The van der Waals surface area contributed by atoms with E-state index in [1.54, 1.807) is 0 Å². The molecule has 0 aliphatic rings. The van der Waals surface area contributed by atoms with Gasteiger partial charge in [-0.05, 0) is 24.1 Å². The summed E-state index contributed by atoms with van der Waals surface area (Å²) in [7, 11) is 0. The first-order valence-corrected chi connectivity index (χ1v) is 6.07. The molecule has 0 aliphatic heterocycles. The molecular weight excluding hydrogens is 288 g/mol. The molecule has 0 bridgehead atoms. The molecule has 0 unspecified atom stereocenters. The van der Waals surface area contributed by atoms with Crippen molar-refractivity contribution in [2.24, 2.45) is 5.73 Å². The number of nitrogens with one attached hydrogen (secondary N) is 1. The van der Waals surface area contributed by atoms with Gasteiger partial charge in [0.2, 0.25) is 5.91 Å². The molecule has 1 rings (SSSR count). The monoisotopic (exact) mass is 300 g/mol. The number of halogens is 1. The Hall–Kier alpha value is -0.940. The number of carbonyl (C=O) groups is 1. The fourth-order valence-corrected chi connectivity index (χ4v) is 1.74. The van der Waals surface area contributed by atoms with Crippen LogP contribution in [-0.4, -0.2) is 17.4 Å². The van der Waals surface area contributed by atoms with Crippen molar-refractivity contribution in [2.45, 2.75) is 12.8 Å². The maximum atomic E-state index is 11.4. The van der Waals surface area contributed by atoms with Crippen molar-refractivity contribution in [1.82, 2.24) is 5.32 Å². The molecule has 86 valence electrons. The van der Waals surface area contributed by atoms with Crippen LogP contribution in [0.4, 0.5) is 0 Å². The molecule has 5 heteroatoms. The molecule has 0 heterocycles. The molecule has 0 fully saturated rings. The molecule has 1 amide bonds. The molecule has 3 nitrogen and oxygen atoms in total. The second-order valence-corrected chi connectivity index (χ2v) is 4.81. The molecule has 0 atom stereocenters. The van der Waals surface area contributed by atoms with E-state index in [0.717, 1.165) is 10.0 Å². The molecule has 0 aliphatic carbocycles. The van der Waals surface area contributed by atoms with Crippen molar-refractivity contribution in [2.75, 3.05) is 6.54 Å². The third-order valence-corrected chi connectivity index (χ3v) is 2.63. The predicted molar refractivity (Wildman–Crippen MR) is 72.3 cm³/mol. The second-order valence-electron chi connectivity index (χ2n) is 3.37. The predicted octanol–water partition coefficient (Wildman–Crippen LogP) is 1.78. The number of benzene rings is 1. The summed E-state index contributed by atoms with van der Waals surface area (Å²) < 4.78 is 1.02. The van der Waals surface area contributed by atoms with Crippen LogP contribution in [0, 0.1) is 0 Å². The van der Waals surface area contributed by atoms with Gasteiger partial charge in [0.05, 0.1) is 11.5 Å². The number of thiocarbonyl (C=S) groups is 1. The summed E-state index contributed by atoms with van der Waals surface area (Å²) in [5.74, 6) is -0.0345. The van der Waals surface area contributed by atoms with Gasteiger partial charge in [0.1, 0.15) is 0 Å². The first-order chi connectivity index (χ1) is 7.58. The molecule has 1 aromatic rings. The molecule has 0 saturated heterocycles. The van der Waals surface area contributed by atoms with Crippen LogP contribution in [0.25, 0.3) is 0 Å². The summed E-state index contributed by atoms with van der Waals surface area (Å²) in [6.45, 7) is 0.270. The largest absolute Gasteiger partial charge is 0.392 e. The van der Waals surface area contributed by atoms with Crippen molar-refractivity contribution >= 4 is 39.0 Å².